The number of anilines is 1. The van der Waals surface area contributed by atoms with Gasteiger partial charge >= 0.3 is 0 Å². The fourth-order valence-electron chi connectivity index (χ4n) is 1.37. The quantitative estimate of drug-likeness (QED) is 0.889. The number of nitrogens with one attached hydrogen (secondary N) is 1. The lowest BCUT2D eigenvalue weighted by molar-refractivity contribution is 1.01. The summed E-state index contributed by atoms with van der Waals surface area (Å²) in [5.74, 6) is 0. The van der Waals surface area contributed by atoms with Crippen LogP contribution in [-0.2, 0) is 0 Å². The van der Waals surface area contributed by atoms with Crippen molar-refractivity contribution in [2.75, 3.05) is 5.32 Å². The first-order valence-corrected chi connectivity index (χ1v) is 6.05. The van der Waals surface area contributed by atoms with Crippen LogP contribution in [0, 0.1) is 11.3 Å². The maximum Gasteiger partial charge on any atom is 0.141 e. The lowest BCUT2D eigenvalue weighted by atomic mass is 10.1. The predicted molar refractivity (Wildman–Crippen MR) is 67.7 cm³/mol. The molecule has 0 amide bonds. The zero-order chi connectivity index (χ0) is 11.4. The third-order valence-electron chi connectivity index (χ3n) is 2.14. The molecule has 16 heavy (non-hydrogen) atoms. The molecule has 0 bridgehead atoms. The lowest BCUT2D eigenvalue weighted by Gasteiger charge is -2.11. The van der Waals surface area contributed by atoms with Gasteiger partial charge in [-0.2, -0.15) is 16.6 Å². The summed E-state index contributed by atoms with van der Waals surface area (Å²) in [5.41, 5.74) is 1.83. The molecule has 2 aromatic rings. The van der Waals surface area contributed by atoms with Gasteiger partial charge in [0.2, 0.25) is 0 Å². The van der Waals surface area contributed by atoms with Gasteiger partial charge < -0.3 is 5.32 Å². The Morgan fingerprint density at radius 3 is 2.88 bits per heavy atom. The van der Waals surface area contributed by atoms with Gasteiger partial charge in [0.15, 0.2) is 0 Å². The van der Waals surface area contributed by atoms with Gasteiger partial charge in [0.05, 0.1) is 6.07 Å². The Morgan fingerprint density at radius 2 is 2.25 bits per heavy atom. The number of hydrogen-bond acceptors (Lipinski definition) is 3. The smallest absolute Gasteiger partial charge is 0.141 e. The van der Waals surface area contributed by atoms with Crippen molar-refractivity contribution < 1.29 is 0 Å². The summed E-state index contributed by atoms with van der Waals surface area (Å²) in [7, 11) is 0. The summed E-state index contributed by atoms with van der Waals surface area (Å²) >= 11 is 7.46. The number of halogens is 1. The van der Waals surface area contributed by atoms with Crippen molar-refractivity contribution in [2.24, 2.45) is 0 Å². The number of nitrogens with zero attached hydrogens (tertiary/aromatic N) is 1. The van der Waals surface area contributed by atoms with E-state index in [1.165, 1.54) is 0 Å². The summed E-state index contributed by atoms with van der Waals surface area (Å²) in [6, 6.07) is 11.2. The van der Waals surface area contributed by atoms with Crippen LogP contribution in [0.15, 0.2) is 41.1 Å². The predicted octanol–water partition coefficient (Wildman–Crippen LogP) is 4.08. The van der Waals surface area contributed by atoms with Crippen LogP contribution >= 0.6 is 22.9 Å². The minimum Gasteiger partial charge on any atom is -0.366 e. The van der Waals surface area contributed by atoms with Crippen LogP contribution in [0.3, 0.4) is 0 Å². The van der Waals surface area contributed by atoms with E-state index in [-0.39, 0.29) is 6.04 Å². The van der Waals surface area contributed by atoms with Crippen molar-refractivity contribution in [3.63, 3.8) is 0 Å². The van der Waals surface area contributed by atoms with Crippen LogP contribution in [0.2, 0.25) is 5.02 Å². The highest BCUT2D eigenvalue weighted by Crippen LogP contribution is 2.22. The Bertz CT molecular complexity index is 502. The molecule has 80 valence electrons. The van der Waals surface area contributed by atoms with E-state index in [9.17, 15) is 0 Å². The Hall–Kier alpha value is -1.50. The monoisotopic (exact) mass is 248 g/mol. The van der Waals surface area contributed by atoms with Crippen molar-refractivity contribution >= 4 is 28.6 Å². The second-order valence-electron chi connectivity index (χ2n) is 3.27. The topological polar surface area (TPSA) is 35.8 Å². The van der Waals surface area contributed by atoms with Gasteiger partial charge in [-0.1, -0.05) is 17.7 Å². The second-order valence-corrected chi connectivity index (χ2v) is 4.49. The number of hydrogen-bond donors (Lipinski definition) is 1. The Morgan fingerprint density at radius 1 is 1.38 bits per heavy atom. The highest BCUT2D eigenvalue weighted by Gasteiger charge is 2.10. The molecule has 1 atom stereocenters. The van der Waals surface area contributed by atoms with E-state index >= 15 is 0 Å². The molecule has 0 spiro atoms. The van der Waals surface area contributed by atoms with Crippen LogP contribution in [0.1, 0.15) is 11.6 Å². The second kappa shape index (κ2) is 5.02. The van der Waals surface area contributed by atoms with Crippen LogP contribution in [0.5, 0.6) is 0 Å². The molecule has 2 nitrogen and oxygen atoms in total. The first-order valence-electron chi connectivity index (χ1n) is 4.73. The van der Waals surface area contributed by atoms with Crippen molar-refractivity contribution in [1.82, 2.24) is 0 Å². The van der Waals surface area contributed by atoms with Gasteiger partial charge in [-0.25, -0.2) is 0 Å². The van der Waals surface area contributed by atoms with Crippen LogP contribution in [0.4, 0.5) is 5.69 Å². The molecule has 1 aromatic heterocycles. The molecular weight excluding hydrogens is 240 g/mol. The molecule has 0 aliphatic heterocycles. The average Bonchev–Trinajstić information content (AvgIpc) is 2.79. The summed E-state index contributed by atoms with van der Waals surface area (Å²) in [4.78, 5) is 0. The molecule has 1 unspecified atom stereocenters. The van der Waals surface area contributed by atoms with Gasteiger partial charge in [-0.3, -0.25) is 0 Å². The maximum atomic E-state index is 9.09. The maximum absolute atomic E-state index is 9.09. The van der Waals surface area contributed by atoms with Gasteiger partial charge in [0.25, 0.3) is 0 Å². The van der Waals surface area contributed by atoms with Gasteiger partial charge in [0.1, 0.15) is 6.04 Å². The standard InChI is InChI=1S/C12H9ClN2S/c13-10-2-1-3-11(6-10)15-12(7-14)9-4-5-16-8-9/h1-6,8,12,15H. The van der Waals surface area contributed by atoms with E-state index < -0.39 is 0 Å². The summed E-state index contributed by atoms with van der Waals surface area (Å²) in [5, 5.41) is 16.8. The van der Waals surface area contributed by atoms with E-state index in [1.807, 2.05) is 29.0 Å². The van der Waals surface area contributed by atoms with Gasteiger partial charge in [-0.15, -0.1) is 0 Å². The molecular formula is C12H9ClN2S. The van der Waals surface area contributed by atoms with Crippen molar-refractivity contribution in [2.45, 2.75) is 6.04 Å². The Labute approximate surface area is 103 Å². The highest BCUT2D eigenvalue weighted by molar-refractivity contribution is 7.08. The fourth-order valence-corrected chi connectivity index (χ4v) is 2.25. The van der Waals surface area contributed by atoms with E-state index in [1.54, 1.807) is 23.5 Å². The van der Waals surface area contributed by atoms with Crippen molar-refractivity contribution in [1.29, 1.82) is 5.26 Å². The first kappa shape index (κ1) is 11.0. The number of rotatable bonds is 3. The molecule has 0 fully saturated rings. The molecule has 0 aliphatic rings. The molecule has 1 N–H and O–H groups in total. The molecule has 0 radical (unpaired) electrons. The van der Waals surface area contributed by atoms with E-state index in [4.69, 9.17) is 16.9 Å². The molecule has 2 rings (SSSR count). The van der Waals surface area contributed by atoms with Gasteiger partial charge in [0, 0.05) is 10.7 Å². The van der Waals surface area contributed by atoms with Gasteiger partial charge in [-0.05, 0) is 40.6 Å². The SMILES string of the molecule is N#CC(Nc1cccc(Cl)c1)c1ccsc1. The van der Waals surface area contributed by atoms with E-state index in [0.29, 0.717) is 5.02 Å². The molecule has 1 heterocycles. The molecule has 1 aromatic carbocycles. The Kier molecular flexibility index (Phi) is 3.45. The van der Waals surface area contributed by atoms with Crippen LogP contribution in [0.25, 0.3) is 0 Å². The summed E-state index contributed by atoms with van der Waals surface area (Å²) < 4.78 is 0. The fraction of sp³-hybridized carbons (Fsp3) is 0.0833. The number of benzene rings is 1. The minimum absolute atomic E-state index is 0.329. The molecule has 0 saturated carbocycles. The summed E-state index contributed by atoms with van der Waals surface area (Å²) in [6.45, 7) is 0. The van der Waals surface area contributed by atoms with Crippen LogP contribution < -0.4 is 5.32 Å². The van der Waals surface area contributed by atoms with Crippen molar-refractivity contribution in [3.8, 4) is 6.07 Å². The minimum atomic E-state index is -0.329. The zero-order valence-electron chi connectivity index (χ0n) is 8.35. The third-order valence-corrected chi connectivity index (χ3v) is 3.08. The molecule has 4 heteroatoms. The largest absolute Gasteiger partial charge is 0.366 e. The van der Waals surface area contributed by atoms with Crippen LogP contribution in [-0.4, -0.2) is 0 Å². The molecule has 0 aliphatic carbocycles. The Balaban J connectivity index is 2.17. The number of nitriles is 1. The highest BCUT2D eigenvalue weighted by atomic mass is 35.5. The zero-order valence-corrected chi connectivity index (χ0v) is 9.92. The summed E-state index contributed by atoms with van der Waals surface area (Å²) in [6.07, 6.45) is 0. The number of thiophene rings is 1. The average molecular weight is 249 g/mol. The molecule has 0 saturated heterocycles. The van der Waals surface area contributed by atoms with E-state index in [0.717, 1.165) is 11.3 Å². The van der Waals surface area contributed by atoms with Crippen molar-refractivity contribution in [3.05, 3.63) is 51.7 Å². The van der Waals surface area contributed by atoms with E-state index in [2.05, 4.69) is 11.4 Å². The first-order chi connectivity index (χ1) is 7.79. The third kappa shape index (κ3) is 2.54. The lowest BCUT2D eigenvalue weighted by Crippen LogP contribution is -2.07. The normalized spacial score (nSPS) is 11.8.